The van der Waals surface area contributed by atoms with Crippen molar-refractivity contribution >= 4 is 11.8 Å². The van der Waals surface area contributed by atoms with Gasteiger partial charge < -0.3 is 15.0 Å². The van der Waals surface area contributed by atoms with Crippen LogP contribution < -0.4 is 10.2 Å². The molecule has 1 fully saturated rings. The number of nitrogens with one attached hydrogen (secondary N) is 1. The number of anilines is 1. The SMILES string of the molecule is CC(C)(C)OC(=O)NCCC1CCN(c2cccc(F)c2)C1. The minimum atomic E-state index is -0.467. The fraction of sp³-hybridized carbons (Fsp3) is 0.588. The van der Waals surface area contributed by atoms with E-state index in [1.807, 2.05) is 26.8 Å². The molecule has 1 aromatic carbocycles. The Bertz CT molecular complexity index is 514. The molecule has 0 aromatic heterocycles. The van der Waals surface area contributed by atoms with Crippen molar-refractivity contribution in [3.8, 4) is 0 Å². The Morgan fingerprint density at radius 2 is 2.23 bits per heavy atom. The Labute approximate surface area is 131 Å². The molecule has 22 heavy (non-hydrogen) atoms. The highest BCUT2D eigenvalue weighted by atomic mass is 19.1. The molecule has 1 aliphatic rings. The third-order valence-electron chi connectivity index (χ3n) is 3.68. The first-order valence-corrected chi connectivity index (χ1v) is 7.81. The number of ether oxygens (including phenoxy) is 1. The maximum absolute atomic E-state index is 13.3. The van der Waals surface area contributed by atoms with Crippen LogP contribution >= 0.6 is 0 Å². The van der Waals surface area contributed by atoms with E-state index in [1.165, 1.54) is 6.07 Å². The normalized spacial score (nSPS) is 18.4. The lowest BCUT2D eigenvalue weighted by molar-refractivity contribution is 0.0525. The van der Waals surface area contributed by atoms with Gasteiger partial charge in [-0.25, -0.2) is 9.18 Å². The molecule has 0 bridgehead atoms. The van der Waals surface area contributed by atoms with Crippen LogP contribution in [0.5, 0.6) is 0 Å². The van der Waals surface area contributed by atoms with Gasteiger partial charge >= 0.3 is 6.09 Å². The Kier molecular flexibility index (Phi) is 5.27. The topological polar surface area (TPSA) is 41.6 Å². The van der Waals surface area contributed by atoms with E-state index in [2.05, 4.69) is 10.2 Å². The lowest BCUT2D eigenvalue weighted by Gasteiger charge is -2.20. The van der Waals surface area contributed by atoms with E-state index in [0.717, 1.165) is 31.6 Å². The van der Waals surface area contributed by atoms with Crippen molar-refractivity contribution in [1.29, 1.82) is 0 Å². The Balaban J connectivity index is 1.72. The third-order valence-corrected chi connectivity index (χ3v) is 3.68. The fourth-order valence-corrected chi connectivity index (χ4v) is 2.67. The van der Waals surface area contributed by atoms with Gasteiger partial charge in [0.1, 0.15) is 11.4 Å². The van der Waals surface area contributed by atoms with Gasteiger partial charge in [-0.2, -0.15) is 0 Å². The summed E-state index contributed by atoms with van der Waals surface area (Å²) in [5.74, 6) is 0.311. The number of carbonyl (C=O) groups excluding carboxylic acids is 1. The molecule has 2 rings (SSSR count). The van der Waals surface area contributed by atoms with E-state index in [4.69, 9.17) is 4.74 Å². The zero-order valence-electron chi connectivity index (χ0n) is 13.6. The van der Waals surface area contributed by atoms with Crippen LogP contribution in [0.2, 0.25) is 0 Å². The predicted octanol–water partition coefficient (Wildman–Crippen LogP) is 3.57. The number of hydrogen-bond donors (Lipinski definition) is 1. The number of rotatable bonds is 4. The standard InChI is InChI=1S/C17H25FN2O2/c1-17(2,3)22-16(21)19-9-7-13-8-10-20(12-13)15-6-4-5-14(18)11-15/h4-6,11,13H,7-10,12H2,1-3H3,(H,19,21). The van der Waals surface area contributed by atoms with Crippen LogP contribution in [0.15, 0.2) is 24.3 Å². The molecular weight excluding hydrogens is 283 g/mol. The maximum Gasteiger partial charge on any atom is 0.407 e. The fourth-order valence-electron chi connectivity index (χ4n) is 2.67. The smallest absolute Gasteiger partial charge is 0.407 e. The van der Waals surface area contributed by atoms with Gasteiger partial charge in [-0.15, -0.1) is 0 Å². The molecule has 1 saturated heterocycles. The molecular formula is C17H25FN2O2. The molecule has 1 aliphatic heterocycles. The zero-order valence-corrected chi connectivity index (χ0v) is 13.6. The number of carbonyl (C=O) groups is 1. The van der Waals surface area contributed by atoms with Crippen LogP contribution in [0.4, 0.5) is 14.9 Å². The van der Waals surface area contributed by atoms with Crippen molar-refractivity contribution in [2.75, 3.05) is 24.5 Å². The van der Waals surface area contributed by atoms with Crippen LogP contribution in [0, 0.1) is 11.7 Å². The molecule has 5 heteroatoms. The lowest BCUT2D eigenvalue weighted by atomic mass is 10.1. The zero-order chi connectivity index (χ0) is 16.2. The summed E-state index contributed by atoms with van der Waals surface area (Å²) in [6.45, 7) is 7.98. The highest BCUT2D eigenvalue weighted by Gasteiger charge is 2.23. The van der Waals surface area contributed by atoms with Crippen LogP contribution in [-0.4, -0.2) is 31.3 Å². The highest BCUT2D eigenvalue weighted by molar-refractivity contribution is 5.67. The summed E-state index contributed by atoms with van der Waals surface area (Å²) in [5, 5.41) is 2.79. The van der Waals surface area contributed by atoms with Crippen molar-refractivity contribution in [1.82, 2.24) is 5.32 Å². The molecule has 0 aliphatic carbocycles. The highest BCUT2D eigenvalue weighted by Crippen LogP contribution is 2.25. The van der Waals surface area contributed by atoms with Crippen LogP contribution in [0.25, 0.3) is 0 Å². The lowest BCUT2D eigenvalue weighted by Crippen LogP contribution is -2.33. The first-order chi connectivity index (χ1) is 10.3. The quantitative estimate of drug-likeness (QED) is 0.924. The number of amides is 1. The number of halogens is 1. The van der Waals surface area contributed by atoms with Crippen molar-refractivity contribution < 1.29 is 13.9 Å². The molecule has 0 radical (unpaired) electrons. The van der Waals surface area contributed by atoms with Crippen molar-refractivity contribution in [3.05, 3.63) is 30.1 Å². The third kappa shape index (κ3) is 5.20. The summed E-state index contributed by atoms with van der Waals surface area (Å²) < 4.78 is 18.5. The van der Waals surface area contributed by atoms with E-state index >= 15 is 0 Å². The second-order valence-corrected chi connectivity index (χ2v) is 6.80. The summed E-state index contributed by atoms with van der Waals surface area (Å²) in [6.07, 6.45) is 1.60. The van der Waals surface area contributed by atoms with Gasteiger partial charge in [-0.05, 0) is 57.7 Å². The average Bonchev–Trinajstić information content (AvgIpc) is 2.85. The minimum Gasteiger partial charge on any atom is -0.444 e. The van der Waals surface area contributed by atoms with Crippen molar-refractivity contribution in [3.63, 3.8) is 0 Å². The first-order valence-electron chi connectivity index (χ1n) is 7.81. The average molecular weight is 308 g/mol. The van der Waals surface area contributed by atoms with E-state index in [1.54, 1.807) is 12.1 Å². The molecule has 0 saturated carbocycles. The molecule has 4 nitrogen and oxygen atoms in total. The summed E-state index contributed by atoms with van der Waals surface area (Å²) in [7, 11) is 0. The molecule has 1 N–H and O–H groups in total. The summed E-state index contributed by atoms with van der Waals surface area (Å²) in [4.78, 5) is 13.8. The van der Waals surface area contributed by atoms with E-state index < -0.39 is 5.60 Å². The van der Waals surface area contributed by atoms with Gasteiger partial charge in [-0.3, -0.25) is 0 Å². The van der Waals surface area contributed by atoms with E-state index in [-0.39, 0.29) is 11.9 Å². The van der Waals surface area contributed by atoms with Crippen molar-refractivity contribution in [2.24, 2.45) is 5.92 Å². The summed E-state index contributed by atoms with van der Waals surface area (Å²) in [6, 6.07) is 6.70. The monoisotopic (exact) mass is 308 g/mol. The van der Waals surface area contributed by atoms with Crippen LogP contribution in [-0.2, 0) is 4.74 Å². The molecule has 1 aromatic rings. The number of nitrogens with zero attached hydrogens (tertiary/aromatic N) is 1. The van der Waals surface area contributed by atoms with Gasteiger partial charge in [0.05, 0.1) is 0 Å². The van der Waals surface area contributed by atoms with E-state index in [0.29, 0.717) is 12.5 Å². The second kappa shape index (κ2) is 6.99. The first kappa shape index (κ1) is 16.6. The molecule has 1 unspecified atom stereocenters. The Morgan fingerprint density at radius 3 is 2.91 bits per heavy atom. The molecule has 1 heterocycles. The van der Waals surface area contributed by atoms with Gasteiger partial charge in [0.15, 0.2) is 0 Å². The summed E-state index contributed by atoms with van der Waals surface area (Å²) >= 11 is 0. The minimum absolute atomic E-state index is 0.201. The van der Waals surface area contributed by atoms with Crippen LogP contribution in [0.3, 0.4) is 0 Å². The Morgan fingerprint density at radius 1 is 1.45 bits per heavy atom. The van der Waals surface area contributed by atoms with Gasteiger partial charge in [-0.1, -0.05) is 6.07 Å². The number of hydrogen-bond acceptors (Lipinski definition) is 3. The van der Waals surface area contributed by atoms with Crippen molar-refractivity contribution in [2.45, 2.75) is 39.2 Å². The second-order valence-electron chi connectivity index (χ2n) is 6.80. The maximum atomic E-state index is 13.3. The largest absolute Gasteiger partial charge is 0.444 e. The molecule has 0 spiro atoms. The van der Waals surface area contributed by atoms with Crippen LogP contribution in [0.1, 0.15) is 33.6 Å². The molecule has 122 valence electrons. The Hall–Kier alpha value is -1.78. The number of benzene rings is 1. The molecule has 1 atom stereocenters. The molecule has 1 amide bonds. The van der Waals surface area contributed by atoms with E-state index in [9.17, 15) is 9.18 Å². The predicted molar refractivity (Wildman–Crippen MR) is 85.6 cm³/mol. The van der Waals surface area contributed by atoms with Gasteiger partial charge in [0.25, 0.3) is 0 Å². The summed E-state index contributed by atoms with van der Waals surface area (Å²) in [5.41, 5.74) is 0.466. The number of alkyl carbamates (subject to hydrolysis) is 1. The van der Waals surface area contributed by atoms with Gasteiger partial charge in [0, 0.05) is 25.3 Å². The van der Waals surface area contributed by atoms with Gasteiger partial charge in [0.2, 0.25) is 0 Å².